The molecular formula is C27H30ClN3O3. The smallest absolute Gasteiger partial charge is 0.253 e. The Morgan fingerprint density at radius 3 is 2.38 bits per heavy atom. The van der Waals surface area contributed by atoms with E-state index >= 15 is 0 Å². The fourth-order valence-corrected chi connectivity index (χ4v) is 4.41. The summed E-state index contributed by atoms with van der Waals surface area (Å²) in [6.45, 7) is 5.18. The minimum atomic E-state index is -0.167. The largest absolute Gasteiger partial charge is 0.493 e. The van der Waals surface area contributed by atoms with Crippen LogP contribution in [0.1, 0.15) is 21.5 Å². The van der Waals surface area contributed by atoms with Gasteiger partial charge in [0.1, 0.15) is 0 Å². The Hall–Kier alpha value is -3.22. The number of anilines is 1. The van der Waals surface area contributed by atoms with Crippen molar-refractivity contribution in [3.05, 3.63) is 88.4 Å². The van der Waals surface area contributed by atoms with Gasteiger partial charge in [-0.1, -0.05) is 41.9 Å². The average Bonchev–Trinajstić information content (AvgIpc) is 2.88. The maximum atomic E-state index is 12.5. The number of nitrogens with zero attached hydrogens (tertiary/aromatic N) is 2. The normalized spacial score (nSPS) is 14.0. The molecule has 3 aromatic carbocycles. The first-order chi connectivity index (χ1) is 16.6. The minimum Gasteiger partial charge on any atom is -0.493 e. The van der Waals surface area contributed by atoms with Gasteiger partial charge in [0.05, 0.1) is 24.8 Å². The van der Waals surface area contributed by atoms with Crippen molar-refractivity contribution in [2.75, 3.05) is 45.3 Å². The van der Waals surface area contributed by atoms with E-state index < -0.39 is 0 Å². The number of methoxy groups -OCH3 is 2. The molecule has 1 aliphatic rings. The highest BCUT2D eigenvalue weighted by Crippen LogP contribution is 2.28. The van der Waals surface area contributed by atoms with Crippen molar-refractivity contribution in [2.45, 2.75) is 13.1 Å². The Labute approximate surface area is 206 Å². The molecule has 3 aromatic rings. The Morgan fingerprint density at radius 2 is 1.65 bits per heavy atom. The van der Waals surface area contributed by atoms with Crippen molar-refractivity contribution < 1.29 is 14.3 Å². The highest BCUT2D eigenvalue weighted by molar-refractivity contribution is 6.33. The molecule has 4 rings (SSSR count). The van der Waals surface area contributed by atoms with Gasteiger partial charge in [-0.25, -0.2) is 0 Å². The summed E-state index contributed by atoms with van der Waals surface area (Å²) < 4.78 is 10.8. The third kappa shape index (κ3) is 5.82. The van der Waals surface area contributed by atoms with Gasteiger partial charge < -0.3 is 19.7 Å². The number of piperazine rings is 1. The van der Waals surface area contributed by atoms with Crippen molar-refractivity contribution in [1.29, 1.82) is 0 Å². The lowest BCUT2D eigenvalue weighted by Crippen LogP contribution is -2.46. The standard InChI is InChI=1S/C27H30ClN3O3/c1-33-25-11-10-21(17-26(25)34-2)19-30-12-14-31(15-13-30)22-7-5-6-20(16-22)18-29-27(32)23-8-3-4-9-24(23)28/h3-11,16-17H,12-15,18-19H2,1-2H3,(H,29,32). The van der Waals surface area contributed by atoms with Crippen LogP contribution < -0.4 is 19.7 Å². The highest BCUT2D eigenvalue weighted by Gasteiger charge is 2.18. The lowest BCUT2D eigenvalue weighted by Gasteiger charge is -2.36. The number of hydrogen-bond acceptors (Lipinski definition) is 5. The number of carbonyl (C=O) groups is 1. The van der Waals surface area contributed by atoms with Gasteiger partial charge >= 0.3 is 0 Å². The maximum Gasteiger partial charge on any atom is 0.253 e. The van der Waals surface area contributed by atoms with Crippen LogP contribution >= 0.6 is 11.6 Å². The number of hydrogen-bond donors (Lipinski definition) is 1. The van der Waals surface area contributed by atoms with E-state index in [1.807, 2.05) is 36.4 Å². The molecule has 34 heavy (non-hydrogen) atoms. The zero-order valence-corrected chi connectivity index (χ0v) is 20.3. The zero-order chi connectivity index (χ0) is 23.9. The Kier molecular flexibility index (Phi) is 7.93. The molecule has 0 radical (unpaired) electrons. The summed E-state index contributed by atoms with van der Waals surface area (Å²) in [7, 11) is 3.31. The van der Waals surface area contributed by atoms with Gasteiger partial charge in [0.15, 0.2) is 11.5 Å². The Bertz CT molecular complexity index is 1130. The van der Waals surface area contributed by atoms with E-state index in [4.69, 9.17) is 21.1 Å². The van der Waals surface area contributed by atoms with E-state index in [2.05, 4.69) is 33.3 Å². The number of halogens is 1. The summed E-state index contributed by atoms with van der Waals surface area (Å²) >= 11 is 6.14. The molecule has 0 aliphatic carbocycles. The van der Waals surface area contributed by atoms with Gasteiger partial charge in [0.2, 0.25) is 0 Å². The molecular weight excluding hydrogens is 450 g/mol. The van der Waals surface area contributed by atoms with Gasteiger partial charge in [-0.3, -0.25) is 9.69 Å². The molecule has 7 heteroatoms. The van der Waals surface area contributed by atoms with Crippen molar-refractivity contribution in [2.24, 2.45) is 0 Å². The van der Waals surface area contributed by atoms with Crippen LogP contribution in [0, 0.1) is 0 Å². The van der Waals surface area contributed by atoms with Crippen LogP contribution in [-0.2, 0) is 13.1 Å². The van der Waals surface area contributed by atoms with Crippen LogP contribution in [-0.4, -0.2) is 51.2 Å². The Balaban J connectivity index is 1.31. The lowest BCUT2D eigenvalue weighted by atomic mass is 10.1. The van der Waals surface area contributed by atoms with E-state index in [9.17, 15) is 4.79 Å². The minimum absolute atomic E-state index is 0.167. The summed E-state index contributed by atoms with van der Waals surface area (Å²) in [5, 5.41) is 3.43. The van der Waals surface area contributed by atoms with Crippen molar-refractivity contribution in [3.8, 4) is 11.5 Å². The van der Waals surface area contributed by atoms with Gasteiger partial charge in [-0.05, 0) is 47.5 Å². The average molecular weight is 480 g/mol. The molecule has 1 aliphatic heterocycles. The van der Waals surface area contributed by atoms with Crippen LogP contribution in [0.25, 0.3) is 0 Å². The number of amides is 1. The Morgan fingerprint density at radius 1 is 0.882 bits per heavy atom. The molecule has 1 fully saturated rings. The third-order valence-electron chi connectivity index (χ3n) is 6.07. The summed E-state index contributed by atoms with van der Waals surface area (Å²) in [4.78, 5) is 17.3. The lowest BCUT2D eigenvalue weighted by molar-refractivity contribution is 0.0951. The number of nitrogens with one attached hydrogen (secondary N) is 1. The van der Waals surface area contributed by atoms with E-state index in [-0.39, 0.29) is 5.91 Å². The molecule has 1 saturated heterocycles. The molecule has 1 amide bonds. The van der Waals surface area contributed by atoms with Gasteiger partial charge in [-0.15, -0.1) is 0 Å². The summed E-state index contributed by atoms with van der Waals surface area (Å²) in [5.74, 6) is 1.34. The molecule has 0 bridgehead atoms. The van der Waals surface area contributed by atoms with Crippen LogP contribution in [0.5, 0.6) is 11.5 Å². The SMILES string of the molecule is COc1ccc(CN2CCN(c3cccc(CNC(=O)c4ccccc4Cl)c3)CC2)cc1OC. The van der Waals surface area contributed by atoms with E-state index in [0.29, 0.717) is 17.1 Å². The fraction of sp³-hybridized carbons (Fsp3) is 0.296. The van der Waals surface area contributed by atoms with Crippen LogP contribution in [0.4, 0.5) is 5.69 Å². The number of carbonyl (C=O) groups excluding carboxylic acids is 1. The molecule has 0 aromatic heterocycles. The second-order valence-corrected chi connectivity index (χ2v) is 8.69. The molecule has 6 nitrogen and oxygen atoms in total. The number of ether oxygens (including phenoxy) is 2. The molecule has 1 heterocycles. The molecule has 178 valence electrons. The summed E-state index contributed by atoms with van der Waals surface area (Å²) in [6.07, 6.45) is 0. The highest BCUT2D eigenvalue weighted by atomic mass is 35.5. The van der Waals surface area contributed by atoms with Crippen LogP contribution in [0.3, 0.4) is 0 Å². The monoisotopic (exact) mass is 479 g/mol. The first-order valence-corrected chi connectivity index (χ1v) is 11.7. The van der Waals surface area contributed by atoms with Crippen molar-refractivity contribution in [1.82, 2.24) is 10.2 Å². The van der Waals surface area contributed by atoms with Crippen molar-refractivity contribution in [3.63, 3.8) is 0 Å². The predicted octanol–water partition coefficient (Wildman–Crippen LogP) is 4.61. The summed E-state index contributed by atoms with van der Waals surface area (Å²) in [6, 6.07) is 21.5. The van der Waals surface area contributed by atoms with E-state index in [0.717, 1.165) is 49.8 Å². The van der Waals surface area contributed by atoms with E-state index in [1.54, 1.807) is 26.4 Å². The molecule has 0 spiro atoms. The molecule has 0 atom stereocenters. The maximum absolute atomic E-state index is 12.5. The quantitative estimate of drug-likeness (QED) is 0.511. The third-order valence-corrected chi connectivity index (χ3v) is 6.40. The first kappa shape index (κ1) is 23.9. The summed E-state index contributed by atoms with van der Waals surface area (Å²) in [5.41, 5.74) is 3.94. The number of rotatable bonds is 8. The predicted molar refractivity (Wildman–Crippen MR) is 136 cm³/mol. The van der Waals surface area contributed by atoms with Gasteiger partial charge in [0.25, 0.3) is 5.91 Å². The first-order valence-electron chi connectivity index (χ1n) is 11.4. The van der Waals surface area contributed by atoms with Gasteiger partial charge in [0, 0.05) is 45.0 Å². The topological polar surface area (TPSA) is 54.0 Å². The van der Waals surface area contributed by atoms with E-state index in [1.165, 1.54) is 11.3 Å². The fourth-order valence-electron chi connectivity index (χ4n) is 4.19. The second-order valence-electron chi connectivity index (χ2n) is 8.28. The second kappa shape index (κ2) is 11.3. The van der Waals surface area contributed by atoms with Crippen LogP contribution in [0.15, 0.2) is 66.7 Å². The number of benzene rings is 3. The van der Waals surface area contributed by atoms with Crippen LogP contribution in [0.2, 0.25) is 5.02 Å². The zero-order valence-electron chi connectivity index (χ0n) is 19.6. The molecule has 0 saturated carbocycles. The molecule has 0 unspecified atom stereocenters. The molecule has 1 N–H and O–H groups in total. The van der Waals surface area contributed by atoms with Crippen molar-refractivity contribution >= 4 is 23.2 Å². The van der Waals surface area contributed by atoms with Gasteiger partial charge in [-0.2, -0.15) is 0 Å².